The van der Waals surface area contributed by atoms with Gasteiger partial charge in [0, 0.05) is 0 Å². The van der Waals surface area contributed by atoms with Gasteiger partial charge in [-0.2, -0.15) is 0 Å². The summed E-state index contributed by atoms with van der Waals surface area (Å²) in [6.07, 6.45) is 0.526. The molecule has 1 N–H and O–H groups in total. The summed E-state index contributed by atoms with van der Waals surface area (Å²) in [5.41, 5.74) is 5.58. The van der Waals surface area contributed by atoms with Gasteiger partial charge in [-0.05, 0) is 47.9 Å². The molecule has 0 bridgehead atoms. The largest absolute Gasteiger partial charge is 0.481 e. The highest BCUT2D eigenvalue weighted by Crippen LogP contribution is 2.27. The van der Waals surface area contributed by atoms with Crippen LogP contribution in [0.15, 0.2) is 42.5 Å². The third-order valence-electron chi connectivity index (χ3n) is 4.41. The molecule has 2 aromatic carbocycles. The van der Waals surface area contributed by atoms with Crippen molar-refractivity contribution in [2.75, 3.05) is 0 Å². The molecule has 2 rings (SSSR count). The number of benzene rings is 2. The second-order valence-corrected chi connectivity index (χ2v) is 7.40. The van der Waals surface area contributed by atoms with Crippen molar-refractivity contribution < 1.29 is 9.90 Å². The first-order valence-electron chi connectivity index (χ1n) is 8.08. The van der Waals surface area contributed by atoms with Crippen molar-refractivity contribution in [1.29, 1.82) is 0 Å². The number of aryl methyl sites for hydroxylation is 2. The molecule has 0 fully saturated rings. The third kappa shape index (κ3) is 4.22. The molecular weight excluding hydrogens is 284 g/mol. The van der Waals surface area contributed by atoms with Crippen LogP contribution in [0.2, 0.25) is 0 Å². The van der Waals surface area contributed by atoms with Crippen LogP contribution >= 0.6 is 0 Å². The van der Waals surface area contributed by atoms with Crippen molar-refractivity contribution in [3.63, 3.8) is 0 Å². The number of rotatable bonds is 4. The van der Waals surface area contributed by atoms with Gasteiger partial charge in [0.15, 0.2) is 0 Å². The minimum Gasteiger partial charge on any atom is -0.481 e. The van der Waals surface area contributed by atoms with E-state index in [2.05, 4.69) is 39.0 Å². The molecular formula is C21H26O2. The Morgan fingerprint density at radius 2 is 1.65 bits per heavy atom. The Kier molecular flexibility index (Phi) is 4.93. The second kappa shape index (κ2) is 6.57. The van der Waals surface area contributed by atoms with Gasteiger partial charge in [-0.1, -0.05) is 68.8 Å². The number of hydrogen-bond donors (Lipinski definition) is 1. The zero-order valence-corrected chi connectivity index (χ0v) is 14.7. The summed E-state index contributed by atoms with van der Waals surface area (Å²) in [5.74, 6) is -1.28. The van der Waals surface area contributed by atoms with Crippen molar-refractivity contribution in [1.82, 2.24) is 0 Å². The van der Waals surface area contributed by atoms with Crippen LogP contribution in [0.3, 0.4) is 0 Å². The van der Waals surface area contributed by atoms with E-state index < -0.39 is 11.9 Å². The monoisotopic (exact) mass is 310 g/mol. The molecule has 2 heteroatoms. The van der Waals surface area contributed by atoms with E-state index >= 15 is 0 Å². The summed E-state index contributed by atoms with van der Waals surface area (Å²) in [6.45, 7) is 10.6. The van der Waals surface area contributed by atoms with E-state index in [1.165, 1.54) is 5.56 Å². The molecule has 0 aromatic heterocycles. The SMILES string of the molecule is Cc1ccc(C)c(CC(C(=O)O)c2ccc(C(C)(C)C)cc2)c1. The summed E-state index contributed by atoms with van der Waals surface area (Å²) < 4.78 is 0. The zero-order chi connectivity index (χ0) is 17.2. The molecule has 0 saturated carbocycles. The molecule has 0 amide bonds. The molecule has 2 nitrogen and oxygen atoms in total. The first kappa shape index (κ1) is 17.3. The van der Waals surface area contributed by atoms with Crippen LogP contribution in [0, 0.1) is 13.8 Å². The number of carbonyl (C=O) groups is 1. The van der Waals surface area contributed by atoms with Gasteiger partial charge in [0.25, 0.3) is 0 Å². The first-order chi connectivity index (χ1) is 10.7. The Hall–Kier alpha value is -2.09. The quantitative estimate of drug-likeness (QED) is 0.861. The Morgan fingerprint density at radius 3 is 2.17 bits per heavy atom. The van der Waals surface area contributed by atoms with E-state index in [4.69, 9.17) is 0 Å². The minimum absolute atomic E-state index is 0.0738. The van der Waals surface area contributed by atoms with Gasteiger partial charge < -0.3 is 5.11 Å². The van der Waals surface area contributed by atoms with E-state index in [1.54, 1.807) is 0 Å². The molecule has 1 unspecified atom stereocenters. The fraction of sp³-hybridized carbons (Fsp3) is 0.381. The maximum atomic E-state index is 11.8. The van der Waals surface area contributed by atoms with Crippen LogP contribution in [0.25, 0.3) is 0 Å². The van der Waals surface area contributed by atoms with Gasteiger partial charge in [0.05, 0.1) is 5.92 Å². The second-order valence-electron chi connectivity index (χ2n) is 7.40. The van der Waals surface area contributed by atoms with Crippen LogP contribution in [-0.2, 0) is 16.6 Å². The van der Waals surface area contributed by atoms with Crippen molar-refractivity contribution in [2.45, 2.75) is 52.4 Å². The highest BCUT2D eigenvalue weighted by Gasteiger charge is 2.22. The molecule has 1 atom stereocenters. The smallest absolute Gasteiger partial charge is 0.311 e. The maximum absolute atomic E-state index is 11.8. The van der Waals surface area contributed by atoms with Gasteiger partial charge in [0.2, 0.25) is 0 Å². The topological polar surface area (TPSA) is 37.3 Å². The number of carboxylic acids is 1. The van der Waals surface area contributed by atoms with E-state index in [-0.39, 0.29) is 5.41 Å². The molecule has 0 spiro atoms. The van der Waals surface area contributed by atoms with Gasteiger partial charge >= 0.3 is 5.97 Å². The average Bonchev–Trinajstić information content (AvgIpc) is 2.47. The van der Waals surface area contributed by atoms with Gasteiger partial charge in [-0.25, -0.2) is 0 Å². The van der Waals surface area contributed by atoms with E-state index in [9.17, 15) is 9.90 Å². The van der Waals surface area contributed by atoms with Crippen molar-refractivity contribution in [3.8, 4) is 0 Å². The highest BCUT2D eigenvalue weighted by molar-refractivity contribution is 5.76. The lowest BCUT2D eigenvalue weighted by molar-refractivity contribution is -0.138. The Balaban J connectivity index is 2.32. The minimum atomic E-state index is -0.769. The molecule has 0 saturated heterocycles. The van der Waals surface area contributed by atoms with Crippen LogP contribution in [0.1, 0.15) is 54.5 Å². The maximum Gasteiger partial charge on any atom is 0.311 e. The normalized spacial score (nSPS) is 12.9. The Morgan fingerprint density at radius 1 is 1.04 bits per heavy atom. The van der Waals surface area contributed by atoms with Crippen LogP contribution in [-0.4, -0.2) is 11.1 Å². The number of aliphatic carboxylic acids is 1. The van der Waals surface area contributed by atoms with Crippen LogP contribution < -0.4 is 0 Å². The van der Waals surface area contributed by atoms with Gasteiger partial charge in [-0.3, -0.25) is 4.79 Å². The molecule has 2 aromatic rings. The molecule has 0 aliphatic heterocycles. The molecule has 23 heavy (non-hydrogen) atoms. The highest BCUT2D eigenvalue weighted by atomic mass is 16.4. The molecule has 0 heterocycles. The molecule has 0 aliphatic rings. The third-order valence-corrected chi connectivity index (χ3v) is 4.41. The Labute approximate surface area is 139 Å². The lowest BCUT2D eigenvalue weighted by Crippen LogP contribution is -2.16. The van der Waals surface area contributed by atoms with Crippen LogP contribution in [0.4, 0.5) is 0 Å². The zero-order valence-electron chi connectivity index (χ0n) is 14.7. The standard InChI is InChI=1S/C21H26O2/c1-14-6-7-15(2)17(12-14)13-19(20(22)23)16-8-10-18(11-9-16)21(3,4)5/h6-12,19H,13H2,1-5H3,(H,22,23). The predicted molar refractivity (Wildman–Crippen MR) is 95.1 cm³/mol. The molecule has 122 valence electrons. The fourth-order valence-electron chi connectivity index (χ4n) is 2.80. The lowest BCUT2D eigenvalue weighted by atomic mass is 9.84. The number of hydrogen-bond acceptors (Lipinski definition) is 1. The number of carboxylic acid groups (broad SMARTS) is 1. The van der Waals surface area contributed by atoms with Crippen molar-refractivity contribution in [3.05, 3.63) is 70.3 Å². The summed E-state index contributed by atoms with van der Waals surface area (Å²) in [4.78, 5) is 11.8. The van der Waals surface area contributed by atoms with Crippen LogP contribution in [0.5, 0.6) is 0 Å². The summed E-state index contributed by atoms with van der Waals surface area (Å²) in [7, 11) is 0. The summed E-state index contributed by atoms with van der Waals surface area (Å²) in [6, 6.07) is 14.2. The lowest BCUT2D eigenvalue weighted by Gasteiger charge is -2.20. The summed E-state index contributed by atoms with van der Waals surface area (Å²) >= 11 is 0. The van der Waals surface area contributed by atoms with Gasteiger partial charge in [-0.15, -0.1) is 0 Å². The van der Waals surface area contributed by atoms with Gasteiger partial charge in [0.1, 0.15) is 0 Å². The van der Waals surface area contributed by atoms with Crippen molar-refractivity contribution >= 4 is 5.97 Å². The van der Waals surface area contributed by atoms with Crippen molar-refractivity contribution in [2.24, 2.45) is 0 Å². The fourth-order valence-corrected chi connectivity index (χ4v) is 2.80. The predicted octanol–water partition coefficient (Wildman–Crippen LogP) is 5.01. The molecule has 0 aliphatic carbocycles. The average molecular weight is 310 g/mol. The Bertz CT molecular complexity index is 691. The summed E-state index contributed by atoms with van der Waals surface area (Å²) in [5, 5.41) is 9.68. The van der Waals surface area contributed by atoms with E-state index in [0.29, 0.717) is 6.42 Å². The first-order valence-corrected chi connectivity index (χ1v) is 8.08. The van der Waals surface area contributed by atoms with E-state index in [0.717, 1.165) is 22.3 Å². The van der Waals surface area contributed by atoms with E-state index in [1.807, 2.05) is 38.1 Å². The molecule has 0 radical (unpaired) electrons.